The van der Waals surface area contributed by atoms with Crippen LogP contribution in [0.15, 0.2) is 94.1 Å². The molecule has 0 spiro atoms. The van der Waals surface area contributed by atoms with Gasteiger partial charge in [-0.15, -0.1) is 22.7 Å². The molecule has 0 unspecified atom stereocenters. The summed E-state index contributed by atoms with van der Waals surface area (Å²) >= 11 is 2.94. The molecule has 0 radical (unpaired) electrons. The van der Waals surface area contributed by atoms with Crippen molar-refractivity contribution >= 4 is 46.2 Å². The second kappa shape index (κ2) is 24.7. The van der Waals surface area contributed by atoms with Crippen LogP contribution in [-0.2, 0) is 25.9 Å². The van der Waals surface area contributed by atoms with Gasteiger partial charge in [-0.2, -0.15) is 18.2 Å². The molecular weight excluding hydrogens is 1020 g/mol. The van der Waals surface area contributed by atoms with Gasteiger partial charge in [0.1, 0.15) is 34.1 Å². The van der Waals surface area contributed by atoms with E-state index in [-0.39, 0.29) is 53.1 Å². The van der Waals surface area contributed by atoms with E-state index >= 15 is 0 Å². The Morgan fingerprint density at radius 3 is 2.36 bits per heavy atom. The van der Waals surface area contributed by atoms with Crippen LogP contribution >= 0.6 is 22.7 Å². The number of carbonyl (C=O) groups is 4. The van der Waals surface area contributed by atoms with Gasteiger partial charge in [-0.05, 0) is 95.8 Å². The van der Waals surface area contributed by atoms with E-state index < -0.39 is 35.5 Å². The van der Waals surface area contributed by atoms with Gasteiger partial charge in [-0.25, -0.2) is 9.97 Å². The number of aromatic nitrogens is 4. The van der Waals surface area contributed by atoms with Crippen molar-refractivity contribution in [3.05, 3.63) is 122 Å². The molecule has 21 heteroatoms. The number of benzene rings is 3. The van der Waals surface area contributed by atoms with Crippen LogP contribution in [0.25, 0.3) is 22.6 Å². The van der Waals surface area contributed by atoms with Crippen LogP contribution in [0.3, 0.4) is 0 Å². The second-order valence-corrected chi connectivity index (χ2v) is 21.4. The Kier molecular flexibility index (Phi) is 17.7. The average Bonchev–Trinajstić information content (AvgIpc) is 4.31. The highest BCUT2D eigenvalue weighted by atomic mass is 32.1. The summed E-state index contributed by atoms with van der Waals surface area (Å²) in [6.07, 6.45) is 3.16. The van der Waals surface area contributed by atoms with Gasteiger partial charge in [0.25, 0.3) is 5.91 Å². The van der Waals surface area contributed by atoms with Crippen molar-refractivity contribution in [3.63, 3.8) is 0 Å². The van der Waals surface area contributed by atoms with Crippen molar-refractivity contribution in [2.75, 3.05) is 59.6 Å². The molecule has 3 amide bonds. The van der Waals surface area contributed by atoms with Gasteiger partial charge < -0.3 is 39.7 Å². The van der Waals surface area contributed by atoms with E-state index in [2.05, 4.69) is 35.5 Å². The molecule has 3 atom stereocenters. The Bertz CT molecular complexity index is 2940. The first-order chi connectivity index (χ1) is 36.8. The lowest BCUT2D eigenvalue weighted by Gasteiger charge is -2.40. The molecule has 16 nitrogen and oxygen atoms in total. The van der Waals surface area contributed by atoms with Crippen molar-refractivity contribution in [2.24, 2.45) is 5.92 Å². The smallest absolute Gasteiger partial charge is 0.471 e. The quantitative estimate of drug-likeness (QED) is 0.0458. The molecule has 6 aromatic rings. The largest absolute Gasteiger partial charge is 0.491 e. The van der Waals surface area contributed by atoms with Crippen LogP contribution in [0.5, 0.6) is 5.75 Å². The standard InChI is InChI=1S/C55H62F3N9O7S2/c1-35(59-2)48(69)63-45(37-14-7-4-8-15-37)51(71)67-23-11-20-44(67)50-61-43(33-75-50)46(68)38-16-10-19-41(31-38)73-29-28-72-27-26-66-24-21-54(22-25-66,53-62-42(32-76-53)36-12-5-3-6-13-36)34-60-49(70)40-18-9-17-39(30-40)47-64-52(74-65-47)55(56,57)58/h3,5-6,9-10,12-13,16-19,30-33,35,37,44-45,59H,4,7-8,11,14-15,20-29,34H2,1-2H3,(H,60,70)(H,63,69)/t35-,44-,45-/m0/s1. The Balaban J connectivity index is 0.756. The Labute approximate surface area is 447 Å². The lowest BCUT2D eigenvalue weighted by molar-refractivity contribution is -0.159. The number of hydrogen-bond donors (Lipinski definition) is 3. The number of likely N-dealkylation sites (tertiary alicyclic amines) is 2. The van der Waals surface area contributed by atoms with Gasteiger partial charge in [0.05, 0.1) is 31.0 Å². The third-order valence-corrected chi connectivity index (χ3v) is 16.7. The summed E-state index contributed by atoms with van der Waals surface area (Å²) in [7, 11) is 1.73. The maximum absolute atomic E-state index is 14.3. The summed E-state index contributed by atoms with van der Waals surface area (Å²) in [5.41, 5.74) is 2.56. The highest BCUT2D eigenvalue weighted by molar-refractivity contribution is 7.10. The molecule has 9 rings (SSSR count). The molecule has 3 N–H and O–H groups in total. The first-order valence-corrected chi connectivity index (χ1v) is 27.7. The minimum atomic E-state index is -4.79. The number of amides is 3. The van der Waals surface area contributed by atoms with E-state index in [1.165, 1.54) is 23.5 Å². The number of thiazole rings is 2. The number of hydrogen-bond acceptors (Lipinski definition) is 15. The highest BCUT2D eigenvalue weighted by Crippen LogP contribution is 2.40. The highest BCUT2D eigenvalue weighted by Gasteiger charge is 2.42. The lowest BCUT2D eigenvalue weighted by Crippen LogP contribution is -2.55. The van der Waals surface area contributed by atoms with Gasteiger partial charge in [0.2, 0.25) is 23.4 Å². The Morgan fingerprint density at radius 1 is 0.829 bits per heavy atom. The normalized spacial score (nSPS) is 18.0. The minimum Gasteiger partial charge on any atom is -0.491 e. The molecule has 5 heterocycles. The third kappa shape index (κ3) is 13.1. The molecule has 3 aliphatic rings. The zero-order valence-corrected chi connectivity index (χ0v) is 44.1. The van der Waals surface area contributed by atoms with Crippen molar-refractivity contribution in [1.82, 2.24) is 45.9 Å². The van der Waals surface area contributed by atoms with Crippen molar-refractivity contribution in [3.8, 4) is 28.4 Å². The SMILES string of the molecule is CN[C@@H](C)C(=O)N[C@H](C(=O)N1CCC[C@H]1c1nc(C(=O)c2cccc(OCCOCCN3CCC(CNC(=O)c4cccc(-c5noc(C(F)(F)F)n5)c4)(c4nc(-c5ccccc5)cs4)CC3)c2)cs1)C1CCCCC1. The zero-order valence-electron chi connectivity index (χ0n) is 42.5. The molecular formula is C55H62F3N9O7S2. The molecule has 3 fully saturated rings. The van der Waals surface area contributed by atoms with Crippen LogP contribution in [0.4, 0.5) is 13.2 Å². The first-order valence-electron chi connectivity index (χ1n) is 25.9. The van der Waals surface area contributed by atoms with Crippen LogP contribution in [0.2, 0.25) is 0 Å². The van der Waals surface area contributed by atoms with Gasteiger partial charge in [0, 0.05) is 58.1 Å². The van der Waals surface area contributed by atoms with Crippen molar-refractivity contribution in [2.45, 2.75) is 94.4 Å². The molecule has 0 bridgehead atoms. The summed E-state index contributed by atoms with van der Waals surface area (Å²) in [6.45, 7) is 5.82. The Hall–Kier alpha value is -6.39. The predicted octanol–water partition coefficient (Wildman–Crippen LogP) is 8.76. The molecule has 76 heavy (non-hydrogen) atoms. The molecule has 2 aliphatic heterocycles. The second-order valence-electron chi connectivity index (χ2n) is 19.7. The maximum atomic E-state index is 14.3. The summed E-state index contributed by atoms with van der Waals surface area (Å²) in [5, 5.41) is 18.0. The summed E-state index contributed by atoms with van der Waals surface area (Å²) < 4.78 is 55.9. The first kappa shape index (κ1) is 54.4. The number of ketones is 1. The topological polar surface area (TPSA) is 194 Å². The van der Waals surface area contributed by atoms with E-state index in [1.807, 2.05) is 40.6 Å². The number of likely N-dealkylation sites (N-methyl/N-ethyl adjacent to an activating group) is 1. The van der Waals surface area contributed by atoms with Gasteiger partial charge >= 0.3 is 12.1 Å². The van der Waals surface area contributed by atoms with E-state index in [4.69, 9.17) is 19.4 Å². The van der Waals surface area contributed by atoms with E-state index in [9.17, 15) is 32.3 Å². The molecule has 2 saturated heterocycles. The maximum Gasteiger partial charge on any atom is 0.471 e. The number of halogens is 3. The van der Waals surface area contributed by atoms with Crippen molar-refractivity contribution in [1.29, 1.82) is 0 Å². The number of ether oxygens (including phenoxy) is 2. The number of carbonyl (C=O) groups excluding carboxylic acids is 4. The Morgan fingerprint density at radius 2 is 1.59 bits per heavy atom. The van der Waals surface area contributed by atoms with Gasteiger partial charge in [0.15, 0.2) is 0 Å². The van der Waals surface area contributed by atoms with Gasteiger partial charge in [-0.1, -0.05) is 79.0 Å². The number of rotatable bonds is 21. The number of nitrogens with zero attached hydrogens (tertiary/aromatic N) is 6. The number of alkyl halides is 3. The molecule has 402 valence electrons. The zero-order chi connectivity index (χ0) is 53.2. The molecule has 3 aromatic heterocycles. The molecule has 1 aliphatic carbocycles. The number of nitrogens with one attached hydrogen (secondary N) is 3. The van der Waals surface area contributed by atoms with Crippen LogP contribution < -0.4 is 20.7 Å². The molecule has 1 saturated carbocycles. The third-order valence-electron chi connectivity index (χ3n) is 14.7. The average molecular weight is 1080 g/mol. The van der Waals surface area contributed by atoms with E-state index in [0.717, 1.165) is 74.3 Å². The van der Waals surface area contributed by atoms with E-state index in [1.54, 1.807) is 67.1 Å². The fourth-order valence-corrected chi connectivity index (χ4v) is 12.2. The van der Waals surface area contributed by atoms with Crippen LogP contribution in [0, 0.1) is 5.92 Å². The van der Waals surface area contributed by atoms with E-state index in [0.29, 0.717) is 67.7 Å². The van der Waals surface area contributed by atoms with Crippen LogP contribution in [-0.4, -0.2) is 125 Å². The summed E-state index contributed by atoms with van der Waals surface area (Å²) in [5.74, 6) is -2.04. The monoisotopic (exact) mass is 1080 g/mol. The fourth-order valence-electron chi connectivity index (χ4n) is 10.2. The van der Waals surface area contributed by atoms with Gasteiger partial charge in [-0.3, -0.25) is 19.2 Å². The summed E-state index contributed by atoms with van der Waals surface area (Å²) in [6, 6.07) is 21.7. The number of piperidine rings is 1. The lowest BCUT2D eigenvalue weighted by atomic mass is 9.78. The van der Waals surface area contributed by atoms with Crippen molar-refractivity contribution < 1.29 is 46.3 Å². The van der Waals surface area contributed by atoms with Crippen LogP contribution in [0.1, 0.15) is 113 Å². The minimum absolute atomic E-state index is 0.0760. The fraction of sp³-hybridized carbons (Fsp3) is 0.455. The summed E-state index contributed by atoms with van der Waals surface area (Å²) in [4.78, 5) is 72.2. The molecule has 3 aromatic carbocycles. The predicted molar refractivity (Wildman–Crippen MR) is 281 cm³/mol.